The topological polar surface area (TPSA) is 40.6 Å². The molecule has 0 unspecified atom stereocenters. The number of carbonyl (C=O) groups is 2. The Balaban J connectivity index is 1.70. The molecule has 158 valence electrons. The van der Waals surface area contributed by atoms with E-state index in [-0.39, 0.29) is 17.4 Å². The molecule has 4 nitrogen and oxygen atoms in total. The maximum Gasteiger partial charge on any atom is 0.271 e. The van der Waals surface area contributed by atoms with E-state index in [4.69, 9.17) is 0 Å². The summed E-state index contributed by atoms with van der Waals surface area (Å²) < 4.78 is 3.46. The van der Waals surface area contributed by atoms with Gasteiger partial charge in [-0.05, 0) is 41.6 Å². The van der Waals surface area contributed by atoms with Gasteiger partial charge in [-0.2, -0.15) is 0 Å². The Morgan fingerprint density at radius 3 is 1.80 bits per heavy atom. The molecule has 3 rings (SSSR count). The number of hydrogen-bond donors (Lipinski definition) is 0. The molecule has 2 aromatic rings. The van der Waals surface area contributed by atoms with Crippen LogP contribution < -0.4 is 0 Å². The van der Waals surface area contributed by atoms with Gasteiger partial charge in [0.1, 0.15) is 5.57 Å². The maximum atomic E-state index is 13.0. The lowest BCUT2D eigenvalue weighted by Gasteiger charge is -2.34. The third-order valence-corrected chi connectivity index (χ3v) is 6.84. The third kappa shape index (κ3) is 6.41. The van der Waals surface area contributed by atoms with Crippen LogP contribution >= 0.6 is 23.9 Å². The third-order valence-electron chi connectivity index (χ3n) is 4.82. The molecule has 0 bridgehead atoms. The zero-order valence-electron chi connectivity index (χ0n) is 17.3. The Hall–Kier alpha value is -2.18. The van der Waals surface area contributed by atoms with Crippen molar-refractivity contribution in [3.8, 4) is 0 Å². The van der Waals surface area contributed by atoms with Gasteiger partial charge in [0.15, 0.2) is 0 Å². The Labute approximate surface area is 188 Å². The number of unbranched alkanes of at least 4 members (excludes halogenated alkanes) is 1. The highest BCUT2D eigenvalue weighted by atomic mass is 32.2. The largest absolute Gasteiger partial charge is 0.271 e. The number of nitrogens with zero attached hydrogens (tertiary/aromatic N) is 2. The Kier molecular flexibility index (Phi) is 8.90. The second-order valence-electron chi connectivity index (χ2n) is 7.12. The summed E-state index contributed by atoms with van der Waals surface area (Å²) >= 11 is 2.81. The van der Waals surface area contributed by atoms with Crippen LogP contribution in [0.1, 0.15) is 30.9 Å². The van der Waals surface area contributed by atoms with E-state index in [2.05, 4.69) is 31.2 Å². The minimum atomic E-state index is -0.180. The predicted molar refractivity (Wildman–Crippen MR) is 127 cm³/mol. The average Bonchev–Trinajstić information content (AvgIpc) is 2.79. The SMILES string of the molecule is CCCCSC=C1C(=O)N(CCc2ccccc2)SN(CCc2ccccc2)C1=O. The Bertz CT molecular complexity index is 793. The van der Waals surface area contributed by atoms with E-state index in [1.165, 1.54) is 23.3 Å². The Morgan fingerprint density at radius 2 is 1.33 bits per heavy atom. The first-order valence-electron chi connectivity index (χ1n) is 10.4. The van der Waals surface area contributed by atoms with Crippen LogP contribution in [-0.2, 0) is 22.4 Å². The summed E-state index contributed by atoms with van der Waals surface area (Å²) in [5, 5.41) is 1.77. The summed E-state index contributed by atoms with van der Waals surface area (Å²) in [6.07, 6.45) is 3.69. The molecule has 2 aromatic carbocycles. The molecule has 1 fully saturated rings. The summed E-state index contributed by atoms with van der Waals surface area (Å²) in [7, 11) is 0. The number of rotatable bonds is 10. The number of hydrogen-bond acceptors (Lipinski definition) is 4. The van der Waals surface area contributed by atoms with Crippen molar-refractivity contribution in [1.82, 2.24) is 8.61 Å². The highest BCUT2D eigenvalue weighted by Crippen LogP contribution is 2.30. The van der Waals surface area contributed by atoms with E-state index < -0.39 is 0 Å². The van der Waals surface area contributed by atoms with Gasteiger partial charge in [-0.15, -0.1) is 11.8 Å². The van der Waals surface area contributed by atoms with Gasteiger partial charge >= 0.3 is 0 Å². The zero-order chi connectivity index (χ0) is 21.2. The van der Waals surface area contributed by atoms with Gasteiger partial charge in [0.2, 0.25) is 0 Å². The standard InChI is InChI=1S/C24H28N2O2S2/c1-2-3-18-29-19-22-23(27)25(16-14-20-10-6-4-7-11-20)30-26(24(22)28)17-15-21-12-8-5-9-13-21/h4-13,19H,2-3,14-18H2,1H3. The monoisotopic (exact) mass is 440 g/mol. The van der Waals surface area contributed by atoms with Crippen molar-refractivity contribution in [3.05, 3.63) is 82.8 Å². The van der Waals surface area contributed by atoms with E-state index in [0.717, 1.165) is 31.4 Å². The van der Waals surface area contributed by atoms with Gasteiger partial charge in [-0.1, -0.05) is 74.0 Å². The first kappa shape index (κ1) is 22.5. The lowest BCUT2D eigenvalue weighted by atomic mass is 10.1. The van der Waals surface area contributed by atoms with Crippen molar-refractivity contribution in [2.45, 2.75) is 32.6 Å². The molecule has 0 radical (unpaired) electrons. The van der Waals surface area contributed by atoms with Crippen LogP contribution in [0.2, 0.25) is 0 Å². The van der Waals surface area contributed by atoms with Gasteiger partial charge in [0.25, 0.3) is 11.8 Å². The highest BCUT2D eigenvalue weighted by Gasteiger charge is 2.36. The predicted octanol–water partition coefficient (Wildman–Crippen LogP) is 5.12. The average molecular weight is 441 g/mol. The van der Waals surface area contributed by atoms with E-state index in [1.54, 1.807) is 25.8 Å². The van der Waals surface area contributed by atoms with Gasteiger partial charge in [0, 0.05) is 13.1 Å². The quantitative estimate of drug-likeness (QED) is 0.222. The molecular formula is C24H28N2O2S2. The molecule has 0 spiro atoms. The van der Waals surface area contributed by atoms with Crippen molar-refractivity contribution >= 4 is 35.7 Å². The molecule has 1 aliphatic heterocycles. The normalized spacial score (nSPS) is 14.4. The zero-order valence-corrected chi connectivity index (χ0v) is 19.0. The van der Waals surface area contributed by atoms with E-state index in [1.807, 2.05) is 36.4 Å². The summed E-state index contributed by atoms with van der Waals surface area (Å²) in [5.41, 5.74) is 2.65. The number of carbonyl (C=O) groups excluding carboxylic acids is 2. The van der Waals surface area contributed by atoms with Crippen molar-refractivity contribution in [3.63, 3.8) is 0 Å². The fourth-order valence-electron chi connectivity index (χ4n) is 3.06. The minimum absolute atomic E-state index is 0.180. The molecule has 0 aliphatic carbocycles. The van der Waals surface area contributed by atoms with E-state index >= 15 is 0 Å². The summed E-state index contributed by atoms with van der Waals surface area (Å²) in [6.45, 7) is 3.27. The van der Waals surface area contributed by atoms with Gasteiger partial charge in [-0.25, -0.2) is 0 Å². The van der Waals surface area contributed by atoms with Crippen LogP contribution in [0.3, 0.4) is 0 Å². The molecular weight excluding hydrogens is 412 g/mol. The summed E-state index contributed by atoms with van der Waals surface area (Å²) in [4.78, 5) is 26.0. The second kappa shape index (κ2) is 11.9. The second-order valence-corrected chi connectivity index (χ2v) is 9.15. The molecule has 0 saturated carbocycles. The van der Waals surface area contributed by atoms with Crippen molar-refractivity contribution in [1.29, 1.82) is 0 Å². The molecule has 6 heteroatoms. The molecule has 2 amide bonds. The van der Waals surface area contributed by atoms with E-state index in [0.29, 0.717) is 13.1 Å². The van der Waals surface area contributed by atoms with Crippen molar-refractivity contribution < 1.29 is 9.59 Å². The minimum Gasteiger partial charge on any atom is -0.268 e. The number of amides is 2. The van der Waals surface area contributed by atoms with Crippen LogP contribution in [0.4, 0.5) is 0 Å². The van der Waals surface area contributed by atoms with Crippen LogP contribution in [0.25, 0.3) is 0 Å². The van der Waals surface area contributed by atoms with Crippen molar-refractivity contribution in [2.75, 3.05) is 18.8 Å². The number of benzene rings is 2. The first-order valence-corrected chi connectivity index (χ1v) is 12.2. The van der Waals surface area contributed by atoms with E-state index in [9.17, 15) is 9.59 Å². The van der Waals surface area contributed by atoms with Crippen LogP contribution in [-0.4, -0.2) is 39.3 Å². The fraction of sp³-hybridized carbons (Fsp3) is 0.333. The van der Waals surface area contributed by atoms with Crippen LogP contribution in [0, 0.1) is 0 Å². The van der Waals surface area contributed by atoms with Gasteiger partial charge in [-0.3, -0.25) is 18.2 Å². The van der Waals surface area contributed by atoms with Crippen LogP contribution in [0.15, 0.2) is 71.6 Å². The van der Waals surface area contributed by atoms with Gasteiger partial charge < -0.3 is 0 Å². The molecule has 1 aliphatic rings. The maximum absolute atomic E-state index is 13.0. The highest BCUT2D eigenvalue weighted by molar-refractivity contribution is 8.02. The lowest BCUT2D eigenvalue weighted by molar-refractivity contribution is -0.130. The molecule has 30 heavy (non-hydrogen) atoms. The number of thioether (sulfide) groups is 1. The first-order chi connectivity index (χ1) is 14.7. The molecule has 1 saturated heterocycles. The molecule has 0 atom stereocenters. The van der Waals surface area contributed by atoms with Crippen LogP contribution in [0.5, 0.6) is 0 Å². The fourth-order valence-corrected chi connectivity index (χ4v) is 4.93. The Morgan fingerprint density at radius 1 is 0.833 bits per heavy atom. The molecule has 0 N–H and O–H groups in total. The smallest absolute Gasteiger partial charge is 0.268 e. The van der Waals surface area contributed by atoms with Gasteiger partial charge in [0.05, 0.1) is 12.1 Å². The summed E-state index contributed by atoms with van der Waals surface area (Å²) in [5.74, 6) is 0.559. The molecule has 1 heterocycles. The van der Waals surface area contributed by atoms with Crippen molar-refractivity contribution in [2.24, 2.45) is 0 Å². The summed E-state index contributed by atoms with van der Waals surface area (Å²) in [6, 6.07) is 20.3. The lowest BCUT2D eigenvalue weighted by Crippen LogP contribution is -2.45. The molecule has 0 aromatic heterocycles.